The molecule has 1 aromatic rings. The smallest absolute Gasteiger partial charge is 0.233 e. The standard InChI is InChI=1S/C14H18N2OS/c1-2-6-12(11-7-4-3-5-8-11)13(17)16-14-15-9-10-18-14/h3-5,7-8,12H,2,6,9-10H2,1H3,(H,15,16,17)/t12-/m1/s1. The molecule has 2 rings (SSSR count). The first-order chi connectivity index (χ1) is 8.81. The van der Waals surface area contributed by atoms with Crippen molar-refractivity contribution in [2.75, 3.05) is 12.3 Å². The van der Waals surface area contributed by atoms with Crippen molar-refractivity contribution in [1.82, 2.24) is 5.32 Å². The Morgan fingerprint density at radius 1 is 1.44 bits per heavy atom. The lowest BCUT2D eigenvalue weighted by atomic mass is 9.94. The van der Waals surface area contributed by atoms with E-state index in [1.165, 1.54) is 0 Å². The zero-order chi connectivity index (χ0) is 12.8. The van der Waals surface area contributed by atoms with Gasteiger partial charge in [0.05, 0.1) is 12.5 Å². The third-order valence-corrected chi connectivity index (χ3v) is 3.80. The number of carbonyl (C=O) groups excluding carboxylic acids is 1. The average Bonchev–Trinajstić information content (AvgIpc) is 2.89. The monoisotopic (exact) mass is 262 g/mol. The van der Waals surface area contributed by atoms with E-state index in [0.717, 1.165) is 35.9 Å². The van der Waals surface area contributed by atoms with Crippen LogP contribution in [0, 0.1) is 0 Å². The number of rotatable bonds is 4. The summed E-state index contributed by atoms with van der Waals surface area (Å²) in [6, 6.07) is 9.97. The van der Waals surface area contributed by atoms with Gasteiger partial charge in [0.2, 0.25) is 5.91 Å². The Morgan fingerprint density at radius 2 is 2.22 bits per heavy atom. The van der Waals surface area contributed by atoms with E-state index in [0.29, 0.717) is 0 Å². The number of nitrogens with one attached hydrogen (secondary N) is 1. The average molecular weight is 262 g/mol. The normalized spacial score (nSPS) is 16.2. The van der Waals surface area contributed by atoms with Crippen molar-refractivity contribution in [3.8, 4) is 0 Å². The number of amidine groups is 1. The largest absolute Gasteiger partial charge is 0.305 e. The molecular formula is C14H18N2OS. The molecule has 0 bridgehead atoms. The van der Waals surface area contributed by atoms with Gasteiger partial charge in [-0.3, -0.25) is 9.79 Å². The highest BCUT2D eigenvalue weighted by Crippen LogP contribution is 2.22. The highest BCUT2D eigenvalue weighted by atomic mass is 32.2. The summed E-state index contributed by atoms with van der Waals surface area (Å²) in [7, 11) is 0. The lowest BCUT2D eigenvalue weighted by Crippen LogP contribution is -2.32. The molecule has 1 aliphatic heterocycles. The quantitative estimate of drug-likeness (QED) is 0.906. The number of hydrogen-bond donors (Lipinski definition) is 1. The summed E-state index contributed by atoms with van der Waals surface area (Å²) in [5, 5.41) is 3.71. The molecule has 18 heavy (non-hydrogen) atoms. The number of amides is 1. The van der Waals surface area contributed by atoms with Crippen molar-refractivity contribution in [3.05, 3.63) is 35.9 Å². The molecule has 0 spiro atoms. The Morgan fingerprint density at radius 3 is 2.83 bits per heavy atom. The summed E-state index contributed by atoms with van der Waals surface area (Å²) in [5.41, 5.74) is 1.08. The Bertz CT molecular complexity index is 431. The van der Waals surface area contributed by atoms with Crippen LogP contribution in [0.2, 0.25) is 0 Å². The van der Waals surface area contributed by atoms with Gasteiger partial charge in [0.1, 0.15) is 0 Å². The fraction of sp³-hybridized carbons (Fsp3) is 0.429. The molecule has 4 heteroatoms. The molecule has 1 aromatic carbocycles. The topological polar surface area (TPSA) is 41.5 Å². The minimum absolute atomic E-state index is 0.0659. The van der Waals surface area contributed by atoms with Gasteiger partial charge in [-0.05, 0) is 12.0 Å². The molecule has 0 radical (unpaired) electrons. The summed E-state index contributed by atoms with van der Waals surface area (Å²) in [4.78, 5) is 16.5. The second kappa shape index (κ2) is 6.59. The highest BCUT2D eigenvalue weighted by Gasteiger charge is 2.21. The second-order valence-electron chi connectivity index (χ2n) is 4.28. The van der Waals surface area contributed by atoms with Crippen LogP contribution in [0.15, 0.2) is 35.3 Å². The van der Waals surface area contributed by atoms with E-state index in [9.17, 15) is 4.79 Å². The molecule has 1 aliphatic rings. The van der Waals surface area contributed by atoms with Crippen molar-refractivity contribution >= 4 is 22.8 Å². The fourth-order valence-electron chi connectivity index (χ4n) is 2.03. The predicted octanol–water partition coefficient (Wildman–Crippen LogP) is 2.79. The van der Waals surface area contributed by atoms with Gasteiger partial charge in [-0.15, -0.1) is 0 Å². The van der Waals surface area contributed by atoms with Gasteiger partial charge in [-0.2, -0.15) is 0 Å². The van der Waals surface area contributed by atoms with Gasteiger partial charge < -0.3 is 5.32 Å². The van der Waals surface area contributed by atoms with Crippen LogP contribution in [0.1, 0.15) is 31.2 Å². The molecule has 0 fully saturated rings. The first-order valence-electron chi connectivity index (χ1n) is 6.34. The van der Waals surface area contributed by atoms with Crippen LogP contribution in [0.3, 0.4) is 0 Å². The molecule has 3 nitrogen and oxygen atoms in total. The third kappa shape index (κ3) is 3.35. The first kappa shape index (κ1) is 13.1. The van der Waals surface area contributed by atoms with Gasteiger partial charge in [-0.1, -0.05) is 55.4 Å². The third-order valence-electron chi connectivity index (χ3n) is 2.91. The maximum atomic E-state index is 12.3. The Kier molecular flexibility index (Phi) is 4.81. The van der Waals surface area contributed by atoms with Crippen molar-refractivity contribution in [2.24, 2.45) is 4.99 Å². The van der Waals surface area contributed by atoms with E-state index in [1.54, 1.807) is 11.8 Å². The molecule has 1 atom stereocenters. The molecule has 0 saturated heterocycles. The van der Waals surface area contributed by atoms with Crippen LogP contribution in [0.25, 0.3) is 0 Å². The number of hydrogen-bond acceptors (Lipinski definition) is 3. The zero-order valence-corrected chi connectivity index (χ0v) is 11.4. The molecule has 0 unspecified atom stereocenters. The molecule has 0 saturated carbocycles. The van der Waals surface area contributed by atoms with Crippen LogP contribution in [0.4, 0.5) is 0 Å². The number of aliphatic imine (C=N–C) groups is 1. The van der Waals surface area contributed by atoms with Crippen LogP contribution < -0.4 is 5.32 Å². The Hall–Kier alpha value is -1.29. The minimum Gasteiger partial charge on any atom is -0.305 e. The zero-order valence-electron chi connectivity index (χ0n) is 10.6. The summed E-state index contributed by atoms with van der Waals surface area (Å²) >= 11 is 1.62. The van der Waals surface area contributed by atoms with Gasteiger partial charge >= 0.3 is 0 Å². The summed E-state index contributed by atoms with van der Waals surface area (Å²) < 4.78 is 0. The van der Waals surface area contributed by atoms with Gasteiger partial charge in [0, 0.05) is 5.75 Å². The maximum Gasteiger partial charge on any atom is 0.233 e. The fourth-order valence-corrected chi connectivity index (χ4v) is 2.76. The van der Waals surface area contributed by atoms with E-state index in [-0.39, 0.29) is 11.8 Å². The van der Waals surface area contributed by atoms with Crippen LogP contribution in [-0.4, -0.2) is 23.4 Å². The van der Waals surface area contributed by atoms with Crippen molar-refractivity contribution in [2.45, 2.75) is 25.7 Å². The number of thioether (sulfide) groups is 1. The molecule has 0 aliphatic carbocycles. The number of benzene rings is 1. The molecule has 0 aromatic heterocycles. The molecule has 1 N–H and O–H groups in total. The summed E-state index contributed by atoms with van der Waals surface area (Å²) in [6.07, 6.45) is 1.86. The van der Waals surface area contributed by atoms with E-state index in [1.807, 2.05) is 30.3 Å². The lowest BCUT2D eigenvalue weighted by Gasteiger charge is -2.16. The Labute approximate surface area is 112 Å². The van der Waals surface area contributed by atoms with Crippen molar-refractivity contribution < 1.29 is 4.79 Å². The van der Waals surface area contributed by atoms with E-state index >= 15 is 0 Å². The van der Waals surface area contributed by atoms with Gasteiger partial charge in [-0.25, -0.2) is 0 Å². The number of nitrogens with zero attached hydrogens (tertiary/aromatic N) is 1. The van der Waals surface area contributed by atoms with Crippen LogP contribution in [-0.2, 0) is 4.79 Å². The van der Waals surface area contributed by atoms with E-state index in [2.05, 4.69) is 17.2 Å². The summed E-state index contributed by atoms with van der Waals surface area (Å²) in [5.74, 6) is 0.968. The molecule has 1 amide bonds. The lowest BCUT2D eigenvalue weighted by molar-refractivity contribution is -0.121. The van der Waals surface area contributed by atoms with Gasteiger partial charge in [0.25, 0.3) is 0 Å². The maximum absolute atomic E-state index is 12.3. The van der Waals surface area contributed by atoms with Crippen LogP contribution in [0.5, 0.6) is 0 Å². The SMILES string of the molecule is CCC[C@@H](C(=O)NC1=NCCS1)c1ccccc1. The minimum atomic E-state index is -0.0694. The Balaban J connectivity index is 2.07. The second-order valence-corrected chi connectivity index (χ2v) is 5.36. The van der Waals surface area contributed by atoms with E-state index < -0.39 is 0 Å². The molecular weight excluding hydrogens is 244 g/mol. The van der Waals surface area contributed by atoms with Crippen molar-refractivity contribution in [1.29, 1.82) is 0 Å². The molecule has 96 valence electrons. The number of carbonyl (C=O) groups is 1. The van der Waals surface area contributed by atoms with Crippen molar-refractivity contribution in [3.63, 3.8) is 0 Å². The highest BCUT2D eigenvalue weighted by molar-refractivity contribution is 8.14. The first-order valence-corrected chi connectivity index (χ1v) is 7.33. The predicted molar refractivity (Wildman–Crippen MR) is 77.0 cm³/mol. The molecule has 1 heterocycles. The summed E-state index contributed by atoms with van der Waals surface area (Å²) in [6.45, 7) is 2.91. The van der Waals surface area contributed by atoms with Crippen LogP contribution >= 0.6 is 11.8 Å². The van der Waals surface area contributed by atoms with E-state index in [4.69, 9.17) is 0 Å². The van der Waals surface area contributed by atoms with Gasteiger partial charge in [0.15, 0.2) is 5.17 Å².